The molecule has 0 radical (unpaired) electrons. The number of rotatable bonds is 3. The summed E-state index contributed by atoms with van der Waals surface area (Å²) in [5.74, 6) is 0. The van der Waals surface area contributed by atoms with Gasteiger partial charge in [0.1, 0.15) is 0 Å². The second kappa shape index (κ2) is 5.56. The molecule has 3 aliphatic rings. The molecule has 2 saturated heterocycles. The van der Waals surface area contributed by atoms with Crippen molar-refractivity contribution >= 4 is 0 Å². The Morgan fingerprint density at radius 1 is 1.30 bits per heavy atom. The van der Waals surface area contributed by atoms with Gasteiger partial charge in [0, 0.05) is 31.3 Å². The molecule has 20 heavy (non-hydrogen) atoms. The lowest BCUT2D eigenvalue weighted by Gasteiger charge is -2.55. The van der Waals surface area contributed by atoms with Crippen molar-refractivity contribution in [2.45, 2.75) is 75.7 Å². The minimum atomic E-state index is -0.00990. The zero-order valence-corrected chi connectivity index (χ0v) is 13.1. The fraction of sp³-hybridized carbons (Fsp3) is 1.00. The van der Waals surface area contributed by atoms with Crippen LogP contribution >= 0.6 is 0 Å². The van der Waals surface area contributed by atoms with Crippen LogP contribution in [-0.2, 0) is 9.47 Å². The summed E-state index contributed by atoms with van der Waals surface area (Å²) in [7, 11) is 0. The predicted molar refractivity (Wildman–Crippen MR) is 79.8 cm³/mol. The summed E-state index contributed by atoms with van der Waals surface area (Å²) in [6, 6.07) is 0.589. The smallest absolute Gasteiger partial charge is 0.0731 e. The lowest BCUT2D eigenvalue weighted by atomic mass is 9.76. The van der Waals surface area contributed by atoms with Gasteiger partial charge in [-0.1, -0.05) is 6.92 Å². The number of ether oxygens (including phenoxy) is 2. The van der Waals surface area contributed by atoms with E-state index >= 15 is 0 Å². The summed E-state index contributed by atoms with van der Waals surface area (Å²) in [4.78, 5) is 2.71. The maximum atomic E-state index is 6.29. The lowest BCUT2D eigenvalue weighted by molar-refractivity contribution is -0.165. The highest BCUT2D eigenvalue weighted by Crippen LogP contribution is 2.42. The topological polar surface area (TPSA) is 47.7 Å². The van der Waals surface area contributed by atoms with Gasteiger partial charge in [-0.25, -0.2) is 0 Å². The van der Waals surface area contributed by atoms with Gasteiger partial charge < -0.3 is 15.2 Å². The Hall–Kier alpha value is -0.160. The second-order valence-corrected chi connectivity index (χ2v) is 7.11. The SMILES string of the molecule is CCC1(C)CC(CN)(N2CCOC3CCCC32)CCO1. The van der Waals surface area contributed by atoms with Crippen molar-refractivity contribution in [3.63, 3.8) is 0 Å². The molecule has 4 nitrogen and oxygen atoms in total. The predicted octanol–water partition coefficient (Wildman–Crippen LogP) is 1.92. The van der Waals surface area contributed by atoms with Crippen LogP contribution in [0.25, 0.3) is 0 Å². The minimum Gasteiger partial charge on any atom is -0.375 e. The number of hydrogen-bond acceptors (Lipinski definition) is 4. The number of nitrogens with zero attached hydrogens (tertiary/aromatic N) is 1. The maximum Gasteiger partial charge on any atom is 0.0731 e. The molecule has 3 rings (SSSR count). The number of nitrogens with two attached hydrogens (primary N) is 1. The van der Waals surface area contributed by atoms with Gasteiger partial charge >= 0.3 is 0 Å². The van der Waals surface area contributed by atoms with Crippen molar-refractivity contribution in [2.75, 3.05) is 26.3 Å². The van der Waals surface area contributed by atoms with Crippen LogP contribution in [-0.4, -0.2) is 54.5 Å². The van der Waals surface area contributed by atoms with E-state index in [1.165, 1.54) is 19.3 Å². The van der Waals surface area contributed by atoms with Crippen LogP contribution in [0, 0.1) is 0 Å². The first-order chi connectivity index (χ1) is 9.62. The lowest BCUT2D eigenvalue weighted by Crippen LogP contribution is -2.67. The largest absolute Gasteiger partial charge is 0.375 e. The first kappa shape index (κ1) is 14.8. The Kier molecular flexibility index (Phi) is 4.10. The average Bonchev–Trinajstić information content (AvgIpc) is 2.95. The molecule has 1 saturated carbocycles. The molecular weight excluding hydrogens is 252 g/mol. The summed E-state index contributed by atoms with van der Waals surface area (Å²) in [5.41, 5.74) is 6.40. The molecule has 4 atom stereocenters. The molecule has 4 heteroatoms. The Morgan fingerprint density at radius 2 is 2.15 bits per heavy atom. The molecule has 2 aliphatic heterocycles. The maximum absolute atomic E-state index is 6.29. The van der Waals surface area contributed by atoms with Crippen molar-refractivity contribution in [1.29, 1.82) is 0 Å². The quantitative estimate of drug-likeness (QED) is 0.859. The van der Waals surface area contributed by atoms with Crippen LogP contribution in [0.1, 0.15) is 52.4 Å². The van der Waals surface area contributed by atoms with Crippen LogP contribution < -0.4 is 5.73 Å². The van der Waals surface area contributed by atoms with Crippen molar-refractivity contribution in [1.82, 2.24) is 4.90 Å². The number of hydrogen-bond donors (Lipinski definition) is 1. The second-order valence-electron chi connectivity index (χ2n) is 7.11. The molecule has 116 valence electrons. The normalized spacial score (nSPS) is 46.4. The Balaban J connectivity index is 1.84. The van der Waals surface area contributed by atoms with Crippen molar-refractivity contribution in [2.24, 2.45) is 5.73 Å². The van der Waals surface area contributed by atoms with E-state index in [0.717, 1.165) is 45.6 Å². The fourth-order valence-corrected chi connectivity index (χ4v) is 4.60. The molecule has 3 fully saturated rings. The van der Waals surface area contributed by atoms with Gasteiger partial charge in [-0.3, -0.25) is 4.90 Å². The van der Waals surface area contributed by atoms with E-state index in [-0.39, 0.29) is 11.1 Å². The Labute approximate surface area is 123 Å². The van der Waals surface area contributed by atoms with E-state index in [9.17, 15) is 0 Å². The van der Waals surface area contributed by atoms with E-state index < -0.39 is 0 Å². The Bertz CT molecular complexity index is 351. The standard InChI is InChI=1S/C16H30N2O2/c1-3-15(2)11-16(12-17,7-9-20-15)18-8-10-19-14-6-4-5-13(14)18/h13-14H,3-12,17H2,1-2H3. The summed E-state index contributed by atoms with van der Waals surface area (Å²) < 4.78 is 12.0. The molecule has 4 unspecified atom stereocenters. The van der Waals surface area contributed by atoms with Crippen molar-refractivity contribution in [3.05, 3.63) is 0 Å². The molecule has 0 aromatic heterocycles. The summed E-state index contributed by atoms with van der Waals surface area (Å²) in [6.45, 7) is 7.98. The Morgan fingerprint density at radius 3 is 2.90 bits per heavy atom. The van der Waals surface area contributed by atoms with E-state index in [0.29, 0.717) is 12.1 Å². The van der Waals surface area contributed by atoms with Gasteiger partial charge in [-0.15, -0.1) is 0 Å². The molecule has 0 aromatic carbocycles. The summed E-state index contributed by atoms with van der Waals surface area (Å²) >= 11 is 0. The molecule has 0 aromatic rings. The minimum absolute atomic E-state index is 0.00990. The van der Waals surface area contributed by atoms with Gasteiger partial charge in [-0.05, 0) is 45.4 Å². The third-order valence-corrected chi connectivity index (χ3v) is 5.94. The molecule has 0 bridgehead atoms. The zero-order valence-electron chi connectivity index (χ0n) is 13.1. The van der Waals surface area contributed by atoms with Gasteiger partial charge in [-0.2, -0.15) is 0 Å². The van der Waals surface area contributed by atoms with Crippen LogP contribution in [0.4, 0.5) is 0 Å². The van der Waals surface area contributed by atoms with Gasteiger partial charge in [0.25, 0.3) is 0 Å². The third-order valence-electron chi connectivity index (χ3n) is 5.94. The summed E-state index contributed by atoms with van der Waals surface area (Å²) in [6.07, 6.45) is 7.45. The summed E-state index contributed by atoms with van der Waals surface area (Å²) in [5, 5.41) is 0. The highest BCUT2D eigenvalue weighted by atomic mass is 16.5. The van der Waals surface area contributed by atoms with Gasteiger partial charge in [0.05, 0.1) is 18.3 Å². The van der Waals surface area contributed by atoms with E-state index in [2.05, 4.69) is 18.7 Å². The van der Waals surface area contributed by atoms with E-state index in [1.54, 1.807) is 0 Å². The van der Waals surface area contributed by atoms with Crippen molar-refractivity contribution < 1.29 is 9.47 Å². The van der Waals surface area contributed by atoms with Crippen LogP contribution in [0.3, 0.4) is 0 Å². The van der Waals surface area contributed by atoms with Gasteiger partial charge in [0.2, 0.25) is 0 Å². The molecule has 0 spiro atoms. The highest BCUT2D eigenvalue weighted by molar-refractivity contribution is 5.05. The number of morpholine rings is 1. The number of fused-ring (bicyclic) bond motifs is 1. The first-order valence-corrected chi connectivity index (χ1v) is 8.35. The van der Waals surface area contributed by atoms with Gasteiger partial charge in [0.15, 0.2) is 0 Å². The van der Waals surface area contributed by atoms with Crippen LogP contribution in [0.15, 0.2) is 0 Å². The van der Waals surface area contributed by atoms with E-state index in [4.69, 9.17) is 15.2 Å². The zero-order chi connectivity index (χ0) is 14.2. The highest BCUT2D eigenvalue weighted by Gasteiger charge is 2.50. The molecular formula is C16H30N2O2. The van der Waals surface area contributed by atoms with E-state index in [1.807, 2.05) is 0 Å². The molecule has 2 heterocycles. The average molecular weight is 282 g/mol. The molecule has 2 N–H and O–H groups in total. The monoisotopic (exact) mass is 282 g/mol. The fourth-order valence-electron chi connectivity index (χ4n) is 4.60. The van der Waals surface area contributed by atoms with Crippen LogP contribution in [0.2, 0.25) is 0 Å². The third kappa shape index (κ3) is 2.41. The van der Waals surface area contributed by atoms with Crippen molar-refractivity contribution in [3.8, 4) is 0 Å². The first-order valence-electron chi connectivity index (χ1n) is 8.35. The molecule has 0 amide bonds. The van der Waals surface area contributed by atoms with Crippen LogP contribution in [0.5, 0.6) is 0 Å². The molecule has 1 aliphatic carbocycles.